The fraction of sp³-hybridized carbons (Fsp3) is 0.349. The normalized spacial score (nSPS) is 18.7. The zero-order valence-electron chi connectivity index (χ0n) is 31.6. The van der Waals surface area contributed by atoms with Gasteiger partial charge in [-0.25, -0.2) is 0 Å². The number of H-pyrrole nitrogens is 1. The van der Waals surface area contributed by atoms with Crippen molar-refractivity contribution in [3.8, 4) is 11.1 Å². The molecule has 0 fully saturated rings. The van der Waals surface area contributed by atoms with E-state index in [1.807, 2.05) is 54.7 Å². The van der Waals surface area contributed by atoms with E-state index in [9.17, 15) is 14.4 Å². The lowest BCUT2D eigenvalue weighted by atomic mass is 9.99. The molecule has 3 amide bonds. The molecule has 55 heavy (non-hydrogen) atoms. The smallest absolute Gasteiger partial charge is 0.245 e. The molecule has 0 saturated heterocycles. The molecule has 0 bridgehead atoms. The highest BCUT2D eigenvalue weighted by Gasteiger charge is 2.34. The number of rotatable bonds is 10. The number of likely N-dealkylation sites (N-methyl/N-ethyl adjacent to an activating group) is 1. The fourth-order valence-corrected chi connectivity index (χ4v) is 8.33. The topological polar surface area (TPSA) is 171 Å². The highest BCUT2D eigenvalue weighted by Crippen LogP contribution is 2.38. The van der Waals surface area contributed by atoms with Crippen molar-refractivity contribution >= 4 is 40.4 Å². The fourth-order valence-electron chi connectivity index (χ4n) is 7.21. The van der Waals surface area contributed by atoms with Crippen molar-refractivity contribution in [1.82, 2.24) is 30.8 Å². The maximum atomic E-state index is 14.6. The number of fused-ring (bicyclic) bond motifs is 3. The van der Waals surface area contributed by atoms with Gasteiger partial charge in [-0.2, -0.15) is 0 Å². The van der Waals surface area contributed by atoms with E-state index in [0.717, 1.165) is 54.1 Å². The summed E-state index contributed by atoms with van der Waals surface area (Å²) in [5.74, 6) is -0.891. The number of hydrogen-bond donors (Lipinski definition) is 6. The van der Waals surface area contributed by atoms with Crippen LogP contribution in [0, 0.1) is 6.92 Å². The lowest BCUT2D eigenvalue weighted by Gasteiger charge is -2.32. The van der Waals surface area contributed by atoms with Crippen LogP contribution in [0.3, 0.4) is 0 Å². The Morgan fingerprint density at radius 2 is 1.56 bits per heavy atom. The van der Waals surface area contributed by atoms with E-state index >= 15 is 0 Å². The Morgan fingerprint density at radius 3 is 2.36 bits per heavy atom. The van der Waals surface area contributed by atoms with Gasteiger partial charge < -0.3 is 37.3 Å². The molecule has 11 nitrogen and oxygen atoms in total. The first-order valence-electron chi connectivity index (χ1n) is 19.1. The number of benzene rings is 3. The van der Waals surface area contributed by atoms with Gasteiger partial charge in [0.25, 0.3) is 0 Å². The Balaban J connectivity index is 1.44. The molecule has 1 aliphatic rings. The van der Waals surface area contributed by atoms with E-state index in [1.54, 1.807) is 31.2 Å². The number of amides is 3. The maximum absolute atomic E-state index is 14.6. The molecule has 2 aromatic heterocycles. The molecule has 0 saturated carbocycles. The summed E-state index contributed by atoms with van der Waals surface area (Å²) in [6.45, 7) is 3.67. The molecule has 0 spiro atoms. The first-order chi connectivity index (χ1) is 26.8. The summed E-state index contributed by atoms with van der Waals surface area (Å²) < 4.78 is 0. The Hall–Kier alpha value is -5.01. The number of nitrogens with one attached hydrogen (secondary N) is 4. The van der Waals surface area contributed by atoms with E-state index < -0.39 is 18.1 Å². The molecule has 8 N–H and O–H groups in total. The van der Waals surface area contributed by atoms with Gasteiger partial charge in [-0.3, -0.25) is 19.4 Å². The van der Waals surface area contributed by atoms with E-state index in [1.165, 1.54) is 4.90 Å². The van der Waals surface area contributed by atoms with Crippen LogP contribution in [0.5, 0.6) is 0 Å². The highest BCUT2D eigenvalue weighted by atomic mass is 32.2. The minimum absolute atomic E-state index is 0.242. The summed E-state index contributed by atoms with van der Waals surface area (Å²) in [7, 11) is 1.66. The minimum atomic E-state index is -0.872. The molecule has 3 heterocycles. The second-order valence-corrected chi connectivity index (χ2v) is 15.2. The SMILES string of the molecule is Cc1cc(-c2ccncc2)cc2c1Sc1ccccc1CNC(CCCN)C(=O)NC(CCCCN)C(=O)N(C)C(Cc1c[nH]c3ccccc13)C(=O)NC2. The third-order valence-electron chi connectivity index (χ3n) is 10.3. The van der Waals surface area contributed by atoms with Crippen LogP contribution in [0.25, 0.3) is 22.0 Å². The van der Waals surface area contributed by atoms with Gasteiger partial charge in [0.1, 0.15) is 12.1 Å². The number of nitrogens with two attached hydrogens (primary N) is 2. The van der Waals surface area contributed by atoms with E-state index in [4.69, 9.17) is 11.5 Å². The quantitative estimate of drug-likeness (QED) is 0.106. The number of unbranched alkanes of at least 4 members (excludes halogenated alkanes) is 1. The molecule has 1 aliphatic heterocycles. The zero-order chi connectivity index (χ0) is 38.7. The van der Waals surface area contributed by atoms with Gasteiger partial charge in [-0.15, -0.1) is 0 Å². The van der Waals surface area contributed by atoms with Crippen LogP contribution >= 0.6 is 11.8 Å². The Labute approximate surface area is 327 Å². The largest absolute Gasteiger partial charge is 0.361 e. The number of pyridine rings is 1. The second kappa shape index (κ2) is 19.0. The van der Waals surface area contributed by atoms with Crippen LogP contribution < -0.4 is 27.4 Å². The molecular formula is C43H52N8O3S. The molecule has 288 valence electrons. The van der Waals surface area contributed by atoms with Gasteiger partial charge in [-0.05, 0) is 116 Å². The molecular weight excluding hydrogens is 709 g/mol. The maximum Gasteiger partial charge on any atom is 0.245 e. The highest BCUT2D eigenvalue weighted by molar-refractivity contribution is 7.99. The summed E-state index contributed by atoms with van der Waals surface area (Å²) in [6.07, 6.45) is 8.59. The molecule has 6 rings (SSSR count). The van der Waals surface area contributed by atoms with Gasteiger partial charge in [-0.1, -0.05) is 54.2 Å². The van der Waals surface area contributed by atoms with Gasteiger partial charge in [0.15, 0.2) is 0 Å². The van der Waals surface area contributed by atoms with Crippen LogP contribution in [0.4, 0.5) is 0 Å². The molecule has 0 radical (unpaired) electrons. The van der Waals surface area contributed by atoms with Crippen LogP contribution in [-0.4, -0.2) is 70.9 Å². The lowest BCUT2D eigenvalue weighted by Crippen LogP contribution is -2.57. The van der Waals surface area contributed by atoms with Crippen molar-refractivity contribution in [3.63, 3.8) is 0 Å². The van der Waals surface area contributed by atoms with Crippen molar-refractivity contribution in [3.05, 3.63) is 114 Å². The molecule has 3 atom stereocenters. The summed E-state index contributed by atoms with van der Waals surface area (Å²) in [4.78, 5) is 54.3. The number of aryl methyl sites for hydroxylation is 1. The van der Waals surface area contributed by atoms with Crippen LogP contribution in [0.1, 0.15) is 54.4 Å². The van der Waals surface area contributed by atoms with Crippen molar-refractivity contribution in [1.29, 1.82) is 0 Å². The second-order valence-electron chi connectivity index (χ2n) is 14.2. The molecule has 12 heteroatoms. The van der Waals surface area contributed by atoms with Crippen LogP contribution in [0.15, 0.2) is 101 Å². The summed E-state index contributed by atoms with van der Waals surface area (Å²) in [5.41, 5.74) is 18.7. The Morgan fingerprint density at radius 1 is 0.818 bits per heavy atom. The van der Waals surface area contributed by atoms with Gasteiger partial charge in [0.05, 0.1) is 6.04 Å². The monoisotopic (exact) mass is 760 g/mol. The standard InChI is InChI=1S/C43H52N8O3S/c1-28-22-31(29-16-20-46-21-17-29)23-33-27-49-42(53)38(24-32-26-47-35-12-5-4-11-34(32)35)51(2)43(54)37(13-7-8-18-44)50-41(52)36(14-9-19-45)48-25-30-10-3-6-15-39(30)55-40(28)33/h3-6,10-12,15-17,20-23,26,36-38,47-48H,7-9,13-14,18-19,24-25,27,44-45H2,1-2H3,(H,49,53)(H,50,52). The first-order valence-corrected chi connectivity index (χ1v) is 19.9. The van der Waals surface area contributed by atoms with Gasteiger partial charge >= 0.3 is 0 Å². The van der Waals surface area contributed by atoms with E-state index in [-0.39, 0.29) is 30.7 Å². The molecule has 3 aromatic carbocycles. The number of nitrogens with zero attached hydrogens (tertiary/aromatic N) is 2. The van der Waals surface area contributed by atoms with Crippen molar-refractivity contribution < 1.29 is 14.4 Å². The summed E-state index contributed by atoms with van der Waals surface area (Å²) in [5, 5.41) is 10.8. The Kier molecular flexibility index (Phi) is 13.7. The zero-order valence-corrected chi connectivity index (χ0v) is 32.5. The first kappa shape index (κ1) is 39.7. The predicted molar refractivity (Wildman–Crippen MR) is 219 cm³/mol. The van der Waals surface area contributed by atoms with Crippen LogP contribution in [-0.2, 0) is 33.9 Å². The van der Waals surface area contributed by atoms with Crippen molar-refractivity contribution in [2.45, 2.75) is 86.5 Å². The third kappa shape index (κ3) is 9.81. The van der Waals surface area contributed by atoms with Crippen molar-refractivity contribution in [2.75, 3.05) is 20.1 Å². The van der Waals surface area contributed by atoms with E-state index in [2.05, 4.69) is 57.1 Å². The minimum Gasteiger partial charge on any atom is -0.361 e. The number of hydrogen-bond acceptors (Lipinski definition) is 8. The van der Waals surface area contributed by atoms with Crippen LogP contribution in [0.2, 0.25) is 0 Å². The molecule has 3 unspecified atom stereocenters. The predicted octanol–water partition coefficient (Wildman–Crippen LogP) is 5.20. The lowest BCUT2D eigenvalue weighted by molar-refractivity contribution is -0.142. The summed E-state index contributed by atoms with van der Waals surface area (Å²) in [6, 6.07) is 22.0. The number of para-hydroxylation sites is 1. The average Bonchev–Trinajstić information content (AvgIpc) is 3.62. The van der Waals surface area contributed by atoms with Crippen molar-refractivity contribution in [2.24, 2.45) is 11.5 Å². The molecule has 0 aliphatic carbocycles. The number of carbonyl (C=O) groups excluding carboxylic acids is 3. The van der Waals surface area contributed by atoms with Gasteiger partial charge in [0, 0.05) is 65.8 Å². The summed E-state index contributed by atoms with van der Waals surface area (Å²) >= 11 is 1.65. The Bertz CT molecular complexity index is 2090. The van der Waals surface area contributed by atoms with E-state index in [0.29, 0.717) is 51.7 Å². The number of aromatic amines is 1. The average molecular weight is 761 g/mol. The molecule has 5 aromatic rings. The third-order valence-corrected chi connectivity index (χ3v) is 11.7. The number of aromatic nitrogens is 2. The number of carbonyl (C=O) groups is 3. The van der Waals surface area contributed by atoms with Gasteiger partial charge in [0.2, 0.25) is 17.7 Å².